The second kappa shape index (κ2) is 4.22. The van der Waals surface area contributed by atoms with Crippen LogP contribution in [0.3, 0.4) is 0 Å². The van der Waals surface area contributed by atoms with E-state index >= 15 is 0 Å². The lowest BCUT2D eigenvalue weighted by molar-refractivity contribution is -0.626. The van der Waals surface area contributed by atoms with Gasteiger partial charge in [-0.3, -0.25) is 0 Å². The van der Waals surface area contributed by atoms with Crippen molar-refractivity contribution in [2.75, 3.05) is 5.32 Å². The van der Waals surface area contributed by atoms with Crippen LogP contribution in [0.25, 0.3) is 10.2 Å². The average Bonchev–Trinajstić information content (AvgIpc) is 2.56. The van der Waals surface area contributed by atoms with E-state index in [-0.39, 0.29) is 11.8 Å². The summed E-state index contributed by atoms with van der Waals surface area (Å²) in [6.07, 6.45) is 0. The molecule has 0 radical (unpaired) electrons. The minimum Gasteiger partial charge on any atom is -0.247 e. The summed E-state index contributed by atoms with van der Waals surface area (Å²) < 4.78 is 3.20. The lowest BCUT2D eigenvalue weighted by Gasteiger charge is -1.99. The minimum atomic E-state index is 0.00483. The zero-order chi connectivity index (χ0) is 11.7. The summed E-state index contributed by atoms with van der Waals surface area (Å²) >= 11 is 1.60. The molecule has 1 heterocycles. The van der Waals surface area contributed by atoms with E-state index in [2.05, 4.69) is 17.4 Å². The molecule has 0 fully saturated rings. The topological polar surface area (TPSA) is 33.0 Å². The van der Waals surface area contributed by atoms with E-state index in [0.717, 1.165) is 10.6 Å². The Morgan fingerprint density at radius 1 is 1.38 bits per heavy atom. The molecular formula is C12H15N2OS+. The molecule has 0 saturated heterocycles. The van der Waals surface area contributed by atoms with Gasteiger partial charge < -0.3 is 0 Å². The number of nitrogens with zero attached hydrogens (tertiary/aromatic N) is 1. The van der Waals surface area contributed by atoms with Crippen LogP contribution in [0.2, 0.25) is 0 Å². The number of hydrogen-bond acceptors (Lipinski definition) is 2. The molecule has 1 aromatic carbocycles. The molecule has 3 nitrogen and oxygen atoms in total. The number of benzene rings is 1. The fourth-order valence-corrected chi connectivity index (χ4v) is 2.51. The number of fused-ring (bicyclic) bond motifs is 1. The van der Waals surface area contributed by atoms with Crippen LogP contribution in [-0.2, 0) is 11.8 Å². The van der Waals surface area contributed by atoms with Crippen molar-refractivity contribution in [2.24, 2.45) is 13.0 Å². The van der Waals surface area contributed by atoms with Crippen LogP contribution in [0, 0.1) is 5.92 Å². The lowest BCUT2D eigenvalue weighted by Crippen LogP contribution is -2.32. The van der Waals surface area contributed by atoms with Gasteiger partial charge in [-0.2, -0.15) is 0 Å². The molecule has 0 atom stereocenters. The van der Waals surface area contributed by atoms with Crippen LogP contribution in [0.4, 0.5) is 5.13 Å². The van der Waals surface area contributed by atoms with Crippen molar-refractivity contribution in [2.45, 2.75) is 13.8 Å². The van der Waals surface area contributed by atoms with Crippen LogP contribution < -0.4 is 9.88 Å². The molecule has 2 rings (SSSR count). The molecule has 0 unspecified atom stereocenters. The van der Waals surface area contributed by atoms with Crippen LogP contribution in [0.5, 0.6) is 0 Å². The fourth-order valence-electron chi connectivity index (χ4n) is 1.46. The molecule has 0 aliphatic heterocycles. The summed E-state index contributed by atoms with van der Waals surface area (Å²) in [5.41, 5.74) is 1.14. The molecule has 0 aliphatic carbocycles. The highest BCUT2D eigenvalue weighted by atomic mass is 32.1. The van der Waals surface area contributed by atoms with E-state index in [1.165, 1.54) is 4.70 Å². The van der Waals surface area contributed by atoms with Crippen molar-refractivity contribution in [1.82, 2.24) is 0 Å². The number of rotatable bonds is 2. The third-order valence-corrected chi connectivity index (χ3v) is 3.63. The zero-order valence-corrected chi connectivity index (χ0v) is 10.5. The molecule has 0 bridgehead atoms. The summed E-state index contributed by atoms with van der Waals surface area (Å²) in [4.78, 5) is 11.6. The summed E-state index contributed by atoms with van der Waals surface area (Å²) in [6, 6.07) is 8.12. The van der Waals surface area contributed by atoms with Crippen LogP contribution in [0.1, 0.15) is 13.8 Å². The van der Waals surface area contributed by atoms with E-state index in [4.69, 9.17) is 0 Å². The molecule has 16 heavy (non-hydrogen) atoms. The van der Waals surface area contributed by atoms with Gasteiger partial charge in [-0.05, 0) is 23.5 Å². The molecule has 1 amide bonds. The predicted octanol–water partition coefficient (Wildman–Crippen LogP) is 2.32. The van der Waals surface area contributed by atoms with Gasteiger partial charge in [0.15, 0.2) is 0 Å². The molecule has 0 aliphatic rings. The number of thiazole rings is 1. The smallest absolute Gasteiger partial charge is 0.247 e. The lowest BCUT2D eigenvalue weighted by atomic mass is 10.2. The molecule has 0 saturated carbocycles. The monoisotopic (exact) mass is 235 g/mol. The third-order valence-electron chi connectivity index (χ3n) is 2.49. The predicted molar refractivity (Wildman–Crippen MR) is 66.5 cm³/mol. The first kappa shape index (κ1) is 11.1. The van der Waals surface area contributed by atoms with Gasteiger partial charge in [-0.15, -0.1) is 0 Å². The molecule has 2 aromatic rings. The Kier molecular flexibility index (Phi) is 2.92. The standard InChI is InChI=1S/C12H14N2OS/c1-8(2)11(15)13-12-14(3)9-6-4-5-7-10(9)16-12/h4-8H,1-3H3/p+1. The molecule has 0 spiro atoms. The van der Waals surface area contributed by atoms with E-state index in [0.29, 0.717) is 0 Å². The van der Waals surface area contributed by atoms with E-state index in [1.54, 1.807) is 11.3 Å². The highest BCUT2D eigenvalue weighted by Gasteiger charge is 2.19. The van der Waals surface area contributed by atoms with Gasteiger partial charge >= 0.3 is 11.0 Å². The Bertz CT molecular complexity index is 531. The molecule has 1 N–H and O–H groups in total. The van der Waals surface area contributed by atoms with Gasteiger partial charge in [-0.1, -0.05) is 26.0 Å². The van der Waals surface area contributed by atoms with Crippen molar-refractivity contribution >= 4 is 32.6 Å². The maximum absolute atomic E-state index is 11.6. The van der Waals surface area contributed by atoms with Crippen molar-refractivity contribution in [3.63, 3.8) is 0 Å². The number of nitrogens with one attached hydrogen (secondary N) is 1. The summed E-state index contributed by atoms with van der Waals surface area (Å²) in [5, 5.41) is 3.83. The van der Waals surface area contributed by atoms with Gasteiger partial charge in [0.1, 0.15) is 5.52 Å². The maximum atomic E-state index is 11.6. The number of carbonyl (C=O) groups is 1. The quantitative estimate of drug-likeness (QED) is 0.796. The number of aryl methyl sites for hydroxylation is 1. The number of anilines is 1. The minimum absolute atomic E-state index is 0.00483. The number of hydrogen-bond donors (Lipinski definition) is 1. The number of carbonyl (C=O) groups excluding carboxylic acids is 1. The van der Waals surface area contributed by atoms with E-state index in [9.17, 15) is 4.79 Å². The van der Waals surface area contributed by atoms with Gasteiger partial charge in [0.2, 0.25) is 0 Å². The van der Waals surface area contributed by atoms with Gasteiger partial charge in [0.25, 0.3) is 0 Å². The summed E-state index contributed by atoms with van der Waals surface area (Å²) in [5.74, 6) is 0.0624. The summed E-state index contributed by atoms with van der Waals surface area (Å²) in [7, 11) is 1.97. The third kappa shape index (κ3) is 1.93. The molecule has 84 valence electrons. The molecule has 4 heteroatoms. The first-order valence-electron chi connectivity index (χ1n) is 5.28. The first-order chi connectivity index (χ1) is 7.59. The Labute approximate surface area is 98.7 Å². The highest BCUT2D eigenvalue weighted by molar-refractivity contribution is 7.21. The van der Waals surface area contributed by atoms with Crippen molar-refractivity contribution < 1.29 is 9.36 Å². The zero-order valence-electron chi connectivity index (χ0n) is 9.65. The van der Waals surface area contributed by atoms with Crippen molar-refractivity contribution in [1.29, 1.82) is 0 Å². The van der Waals surface area contributed by atoms with Gasteiger partial charge in [0.05, 0.1) is 17.7 Å². The first-order valence-corrected chi connectivity index (χ1v) is 6.09. The van der Waals surface area contributed by atoms with Crippen LogP contribution >= 0.6 is 11.3 Å². The number of para-hydroxylation sites is 1. The molecular weight excluding hydrogens is 220 g/mol. The second-order valence-corrected chi connectivity index (χ2v) is 5.11. The number of amides is 1. The van der Waals surface area contributed by atoms with Gasteiger partial charge in [0, 0.05) is 0 Å². The number of aromatic nitrogens is 1. The Morgan fingerprint density at radius 3 is 2.69 bits per heavy atom. The van der Waals surface area contributed by atoms with Crippen LogP contribution in [-0.4, -0.2) is 5.91 Å². The van der Waals surface area contributed by atoms with E-state index < -0.39 is 0 Å². The fraction of sp³-hybridized carbons (Fsp3) is 0.333. The Morgan fingerprint density at radius 2 is 2.06 bits per heavy atom. The van der Waals surface area contributed by atoms with Gasteiger partial charge in [-0.25, -0.2) is 14.7 Å². The van der Waals surface area contributed by atoms with Crippen molar-refractivity contribution in [3.8, 4) is 0 Å². The molecule has 1 aromatic heterocycles. The second-order valence-electron chi connectivity index (χ2n) is 4.08. The Hall–Kier alpha value is -1.42. The van der Waals surface area contributed by atoms with Crippen molar-refractivity contribution in [3.05, 3.63) is 24.3 Å². The maximum Gasteiger partial charge on any atom is 0.342 e. The Balaban J connectivity index is 2.38. The van der Waals surface area contributed by atoms with Crippen LogP contribution in [0.15, 0.2) is 24.3 Å². The summed E-state index contributed by atoms with van der Waals surface area (Å²) in [6.45, 7) is 3.78. The highest BCUT2D eigenvalue weighted by Crippen LogP contribution is 2.23. The largest absolute Gasteiger partial charge is 0.342 e. The van der Waals surface area contributed by atoms with E-state index in [1.807, 2.05) is 37.6 Å². The normalized spacial score (nSPS) is 11.0. The average molecular weight is 235 g/mol. The SMILES string of the molecule is CC(C)C(=O)Nc1sc2ccccc2[n+]1C.